The number of fused-ring (bicyclic) bond motifs is 1. The minimum Gasteiger partial charge on any atom is -0.257 e. The van der Waals surface area contributed by atoms with E-state index in [2.05, 4.69) is 39.1 Å². The highest BCUT2D eigenvalue weighted by Gasteiger charge is 2.13. The first-order valence-electron chi connectivity index (χ1n) is 8.64. The molecular weight excluding hydrogens is 316 g/mol. The van der Waals surface area contributed by atoms with Gasteiger partial charge in [0.25, 0.3) is 0 Å². The van der Waals surface area contributed by atoms with Gasteiger partial charge >= 0.3 is 0 Å². The van der Waals surface area contributed by atoms with Crippen molar-refractivity contribution in [2.45, 2.75) is 50.0 Å². The SMILES string of the molecule is Cc1ccc2ncc(-c3ccc(SNC4CCCCC4)cc3)n2n1. The molecular formula is C19H22N4S. The van der Waals surface area contributed by atoms with E-state index in [0.717, 1.165) is 22.6 Å². The van der Waals surface area contributed by atoms with Crippen LogP contribution in [0.15, 0.2) is 47.5 Å². The number of aryl methyl sites for hydroxylation is 1. The minimum atomic E-state index is 0.661. The standard InChI is InChI=1S/C19H22N4S/c1-14-7-12-19-20-13-18(23(19)21-14)15-8-10-17(11-9-15)24-22-16-5-3-2-4-6-16/h7-13,16,22H,2-6H2,1H3. The molecule has 5 heteroatoms. The van der Waals surface area contributed by atoms with Crippen LogP contribution in [0.4, 0.5) is 0 Å². The topological polar surface area (TPSA) is 42.2 Å². The van der Waals surface area contributed by atoms with Crippen LogP contribution < -0.4 is 4.72 Å². The molecule has 1 fully saturated rings. The normalized spacial score (nSPS) is 15.9. The second kappa shape index (κ2) is 6.95. The van der Waals surface area contributed by atoms with Crippen LogP contribution in [0.5, 0.6) is 0 Å². The zero-order valence-electron chi connectivity index (χ0n) is 13.9. The van der Waals surface area contributed by atoms with Crippen molar-refractivity contribution in [3.05, 3.63) is 48.3 Å². The van der Waals surface area contributed by atoms with Crippen LogP contribution in [-0.2, 0) is 0 Å². The van der Waals surface area contributed by atoms with Gasteiger partial charge in [0.2, 0.25) is 0 Å². The largest absolute Gasteiger partial charge is 0.257 e. The molecule has 0 atom stereocenters. The van der Waals surface area contributed by atoms with Gasteiger partial charge in [0, 0.05) is 16.5 Å². The molecule has 3 aromatic rings. The van der Waals surface area contributed by atoms with E-state index >= 15 is 0 Å². The lowest BCUT2D eigenvalue weighted by molar-refractivity contribution is 0.423. The predicted octanol–water partition coefficient (Wildman–Crippen LogP) is 4.63. The molecule has 4 nitrogen and oxygen atoms in total. The predicted molar refractivity (Wildman–Crippen MR) is 99.0 cm³/mol. The summed E-state index contributed by atoms with van der Waals surface area (Å²) in [5.41, 5.74) is 4.05. The third-order valence-corrected chi connectivity index (χ3v) is 5.55. The molecule has 4 rings (SSSR count). The van der Waals surface area contributed by atoms with E-state index < -0.39 is 0 Å². The molecule has 0 aliphatic heterocycles. The Morgan fingerprint density at radius 2 is 1.83 bits per heavy atom. The third kappa shape index (κ3) is 3.32. The van der Waals surface area contributed by atoms with Gasteiger partial charge in [-0.25, -0.2) is 9.50 Å². The monoisotopic (exact) mass is 338 g/mol. The van der Waals surface area contributed by atoms with Gasteiger partial charge in [0.1, 0.15) is 0 Å². The van der Waals surface area contributed by atoms with Gasteiger partial charge < -0.3 is 0 Å². The highest BCUT2D eigenvalue weighted by Crippen LogP contribution is 2.25. The summed E-state index contributed by atoms with van der Waals surface area (Å²) in [5.74, 6) is 0. The summed E-state index contributed by atoms with van der Waals surface area (Å²) in [7, 11) is 0. The van der Waals surface area contributed by atoms with Crippen molar-refractivity contribution in [2.24, 2.45) is 0 Å². The van der Waals surface area contributed by atoms with Crippen LogP contribution in [0.1, 0.15) is 37.8 Å². The molecule has 1 aliphatic rings. The van der Waals surface area contributed by atoms with E-state index in [9.17, 15) is 0 Å². The first-order valence-corrected chi connectivity index (χ1v) is 9.45. The van der Waals surface area contributed by atoms with E-state index in [4.69, 9.17) is 0 Å². The number of imidazole rings is 1. The second-order valence-corrected chi connectivity index (χ2v) is 7.38. The van der Waals surface area contributed by atoms with Gasteiger partial charge in [-0.1, -0.05) is 31.4 Å². The van der Waals surface area contributed by atoms with Crippen molar-refractivity contribution < 1.29 is 0 Å². The molecule has 0 saturated heterocycles. The van der Waals surface area contributed by atoms with Gasteiger partial charge in [0.15, 0.2) is 5.65 Å². The molecule has 124 valence electrons. The molecule has 0 unspecified atom stereocenters. The summed E-state index contributed by atoms with van der Waals surface area (Å²) in [5, 5.41) is 4.57. The number of hydrogen-bond acceptors (Lipinski definition) is 4. The Morgan fingerprint density at radius 1 is 1.04 bits per heavy atom. The lowest BCUT2D eigenvalue weighted by Crippen LogP contribution is -2.25. The van der Waals surface area contributed by atoms with Crippen LogP contribution in [0.25, 0.3) is 16.9 Å². The zero-order chi connectivity index (χ0) is 16.4. The van der Waals surface area contributed by atoms with Crippen LogP contribution >= 0.6 is 11.9 Å². The summed E-state index contributed by atoms with van der Waals surface area (Å²) in [6, 6.07) is 13.3. The number of nitrogens with zero attached hydrogens (tertiary/aromatic N) is 3. The molecule has 1 saturated carbocycles. The highest BCUT2D eigenvalue weighted by atomic mass is 32.2. The number of rotatable bonds is 4. The molecule has 2 aromatic heterocycles. The Kier molecular flexibility index (Phi) is 4.54. The van der Waals surface area contributed by atoms with Crippen LogP contribution in [0.2, 0.25) is 0 Å². The van der Waals surface area contributed by atoms with Gasteiger partial charge in [-0.2, -0.15) is 5.10 Å². The number of benzene rings is 1. The summed E-state index contributed by atoms with van der Waals surface area (Å²) < 4.78 is 5.53. The number of aromatic nitrogens is 3. The Bertz CT molecular complexity index is 819. The molecule has 1 aliphatic carbocycles. The molecule has 2 heterocycles. The molecule has 0 amide bonds. The Morgan fingerprint density at radius 3 is 2.62 bits per heavy atom. The molecule has 1 N–H and O–H groups in total. The van der Waals surface area contributed by atoms with Crippen molar-refractivity contribution in [3.8, 4) is 11.3 Å². The van der Waals surface area contributed by atoms with E-state index in [1.54, 1.807) is 11.9 Å². The van der Waals surface area contributed by atoms with Crippen LogP contribution in [0.3, 0.4) is 0 Å². The first kappa shape index (κ1) is 15.7. The lowest BCUT2D eigenvalue weighted by Gasteiger charge is -2.22. The number of hydrogen-bond donors (Lipinski definition) is 1. The molecule has 0 bridgehead atoms. The van der Waals surface area contributed by atoms with Gasteiger partial charge in [0.05, 0.1) is 17.6 Å². The highest BCUT2D eigenvalue weighted by molar-refractivity contribution is 7.97. The average Bonchev–Trinajstić information content (AvgIpc) is 3.04. The maximum Gasteiger partial charge on any atom is 0.154 e. The van der Waals surface area contributed by atoms with E-state index in [-0.39, 0.29) is 0 Å². The number of nitrogens with one attached hydrogen (secondary N) is 1. The second-order valence-electron chi connectivity index (χ2n) is 6.47. The third-order valence-electron chi connectivity index (χ3n) is 4.59. The fraction of sp³-hybridized carbons (Fsp3) is 0.368. The average molecular weight is 338 g/mol. The molecule has 0 radical (unpaired) electrons. The summed E-state index contributed by atoms with van der Waals surface area (Å²) in [6.07, 6.45) is 8.61. The molecule has 24 heavy (non-hydrogen) atoms. The van der Waals surface area contributed by atoms with Crippen LogP contribution in [-0.4, -0.2) is 20.6 Å². The summed E-state index contributed by atoms with van der Waals surface area (Å²) >= 11 is 1.75. The quantitative estimate of drug-likeness (QED) is 0.704. The first-order chi connectivity index (χ1) is 11.8. The summed E-state index contributed by atoms with van der Waals surface area (Å²) in [6.45, 7) is 2.00. The smallest absolute Gasteiger partial charge is 0.154 e. The maximum absolute atomic E-state index is 4.57. The van der Waals surface area contributed by atoms with Crippen LogP contribution in [0, 0.1) is 6.92 Å². The van der Waals surface area contributed by atoms with Crippen molar-refractivity contribution >= 4 is 17.6 Å². The Balaban J connectivity index is 1.49. The van der Waals surface area contributed by atoms with Crippen molar-refractivity contribution in [1.29, 1.82) is 0 Å². The maximum atomic E-state index is 4.57. The van der Waals surface area contributed by atoms with Gasteiger partial charge in [-0.3, -0.25) is 4.72 Å². The van der Waals surface area contributed by atoms with Gasteiger partial charge in [-0.15, -0.1) is 0 Å². The Labute approximate surface area is 146 Å². The molecule has 1 aromatic carbocycles. The minimum absolute atomic E-state index is 0.661. The Hall–Kier alpha value is -1.85. The van der Waals surface area contributed by atoms with E-state index in [1.807, 2.05) is 29.8 Å². The fourth-order valence-electron chi connectivity index (χ4n) is 3.23. The van der Waals surface area contributed by atoms with Gasteiger partial charge in [-0.05, 0) is 56.0 Å². The van der Waals surface area contributed by atoms with Crippen molar-refractivity contribution in [2.75, 3.05) is 0 Å². The lowest BCUT2D eigenvalue weighted by atomic mass is 9.96. The van der Waals surface area contributed by atoms with E-state index in [0.29, 0.717) is 6.04 Å². The molecule has 0 spiro atoms. The summed E-state index contributed by atoms with van der Waals surface area (Å²) in [4.78, 5) is 5.69. The zero-order valence-corrected chi connectivity index (χ0v) is 14.7. The fourth-order valence-corrected chi connectivity index (χ4v) is 4.04. The van der Waals surface area contributed by atoms with E-state index in [1.165, 1.54) is 37.0 Å². The van der Waals surface area contributed by atoms with Crippen molar-refractivity contribution in [1.82, 2.24) is 19.3 Å². The van der Waals surface area contributed by atoms with Crippen molar-refractivity contribution in [3.63, 3.8) is 0 Å².